The highest BCUT2D eigenvalue weighted by Gasteiger charge is 2.31. The first-order valence-electron chi connectivity index (χ1n) is 9.05. The summed E-state index contributed by atoms with van der Waals surface area (Å²) in [6.45, 7) is 1.18. The fourth-order valence-corrected chi connectivity index (χ4v) is 5.20. The fourth-order valence-electron chi connectivity index (χ4n) is 3.73. The van der Waals surface area contributed by atoms with Crippen molar-refractivity contribution in [3.8, 4) is 0 Å². The van der Waals surface area contributed by atoms with Crippen LogP contribution in [0.2, 0.25) is 0 Å². The monoisotopic (exact) mass is 387 g/mol. The molecule has 4 rings (SSSR count). The summed E-state index contributed by atoms with van der Waals surface area (Å²) in [5.74, 6) is -0.190. The van der Waals surface area contributed by atoms with Gasteiger partial charge in [0.25, 0.3) is 5.91 Å². The van der Waals surface area contributed by atoms with Crippen molar-refractivity contribution in [1.29, 1.82) is 0 Å². The molecule has 0 spiro atoms. The zero-order valence-corrected chi connectivity index (χ0v) is 15.7. The van der Waals surface area contributed by atoms with Crippen LogP contribution in [0.1, 0.15) is 27.9 Å². The van der Waals surface area contributed by atoms with Gasteiger partial charge in [0.15, 0.2) is 12.4 Å². The molecule has 2 heterocycles. The molecular weight excluding hydrogens is 366 g/mol. The average Bonchev–Trinajstić information content (AvgIpc) is 3.16. The van der Waals surface area contributed by atoms with Crippen LogP contribution in [0.25, 0.3) is 0 Å². The van der Waals surface area contributed by atoms with Gasteiger partial charge in [-0.2, -0.15) is 9.04 Å². The van der Waals surface area contributed by atoms with Crippen LogP contribution in [0.3, 0.4) is 0 Å². The highest BCUT2D eigenvalue weighted by atomic mass is 32.2. The van der Waals surface area contributed by atoms with E-state index in [0.29, 0.717) is 28.3 Å². The molecule has 0 atom stereocenters. The Bertz CT molecular complexity index is 965. The maximum absolute atomic E-state index is 13.0. The van der Waals surface area contributed by atoms with Gasteiger partial charge in [-0.15, -0.1) is 0 Å². The third kappa shape index (κ3) is 3.42. The number of hydrogen-bond acceptors (Lipinski definition) is 4. The van der Waals surface area contributed by atoms with E-state index in [9.17, 15) is 18.4 Å². The number of amides is 1. The summed E-state index contributed by atoms with van der Waals surface area (Å²) in [4.78, 5) is 14.5. The predicted molar refractivity (Wildman–Crippen MR) is 98.5 cm³/mol. The van der Waals surface area contributed by atoms with E-state index < -0.39 is 10.0 Å². The minimum Gasteiger partial charge on any atom is -0.619 e. The summed E-state index contributed by atoms with van der Waals surface area (Å²) in [5.41, 5.74) is 2.80. The highest BCUT2D eigenvalue weighted by Crippen LogP contribution is 2.26. The number of aromatic nitrogens is 1. The SMILES string of the molecule is O=C(c1cc[n+]([O-])cc1)N1CCN(S(=O)(=O)c2ccc3c(c2)CCC3)CC1. The van der Waals surface area contributed by atoms with Crippen molar-refractivity contribution < 1.29 is 17.9 Å². The van der Waals surface area contributed by atoms with Crippen molar-refractivity contribution in [3.63, 3.8) is 0 Å². The van der Waals surface area contributed by atoms with E-state index in [1.54, 1.807) is 17.0 Å². The molecule has 1 aliphatic carbocycles. The van der Waals surface area contributed by atoms with Gasteiger partial charge in [0.2, 0.25) is 10.0 Å². The van der Waals surface area contributed by atoms with Gasteiger partial charge in [-0.25, -0.2) is 8.42 Å². The van der Waals surface area contributed by atoms with Crippen LogP contribution in [0.5, 0.6) is 0 Å². The summed E-state index contributed by atoms with van der Waals surface area (Å²) in [7, 11) is -3.55. The molecule has 0 saturated carbocycles. The number of carbonyl (C=O) groups excluding carboxylic acids is 1. The van der Waals surface area contributed by atoms with Crippen molar-refractivity contribution in [2.24, 2.45) is 0 Å². The third-order valence-electron chi connectivity index (χ3n) is 5.28. The lowest BCUT2D eigenvalue weighted by molar-refractivity contribution is -0.605. The minimum absolute atomic E-state index is 0.190. The predicted octanol–water partition coefficient (Wildman–Crippen LogP) is 0.955. The number of sulfonamides is 1. The summed E-state index contributed by atoms with van der Waals surface area (Å²) in [6.07, 6.45) is 5.58. The fraction of sp³-hybridized carbons (Fsp3) is 0.368. The van der Waals surface area contributed by atoms with Crippen LogP contribution in [0.4, 0.5) is 0 Å². The smallest absolute Gasteiger partial charge is 0.254 e. The number of benzene rings is 1. The first-order chi connectivity index (χ1) is 12.9. The number of piperazine rings is 1. The second-order valence-corrected chi connectivity index (χ2v) is 8.86. The number of fused-ring (bicyclic) bond motifs is 1. The van der Waals surface area contributed by atoms with Crippen LogP contribution in [-0.2, 0) is 22.9 Å². The summed E-state index contributed by atoms with van der Waals surface area (Å²) >= 11 is 0. The topological polar surface area (TPSA) is 84.6 Å². The van der Waals surface area contributed by atoms with Gasteiger partial charge < -0.3 is 10.1 Å². The molecule has 1 aromatic heterocycles. The molecule has 0 N–H and O–H groups in total. The lowest BCUT2D eigenvalue weighted by Crippen LogP contribution is -2.50. The Morgan fingerprint density at radius 2 is 1.63 bits per heavy atom. The van der Waals surface area contributed by atoms with Crippen molar-refractivity contribution >= 4 is 15.9 Å². The van der Waals surface area contributed by atoms with E-state index in [4.69, 9.17) is 0 Å². The Kier molecular flexibility index (Phi) is 4.61. The molecule has 0 bridgehead atoms. The van der Waals surface area contributed by atoms with Gasteiger partial charge >= 0.3 is 0 Å². The number of aryl methyl sites for hydroxylation is 2. The van der Waals surface area contributed by atoms with Crippen LogP contribution in [0.15, 0.2) is 47.6 Å². The van der Waals surface area contributed by atoms with Gasteiger partial charge in [0.05, 0.1) is 10.5 Å². The minimum atomic E-state index is -3.55. The third-order valence-corrected chi connectivity index (χ3v) is 7.18. The van der Waals surface area contributed by atoms with Crippen molar-refractivity contribution in [1.82, 2.24) is 9.21 Å². The first-order valence-corrected chi connectivity index (χ1v) is 10.5. The van der Waals surface area contributed by atoms with E-state index in [1.807, 2.05) is 6.07 Å². The molecule has 142 valence electrons. The molecule has 1 saturated heterocycles. The lowest BCUT2D eigenvalue weighted by atomic mass is 10.1. The molecule has 1 aliphatic heterocycles. The van der Waals surface area contributed by atoms with Gasteiger partial charge in [-0.05, 0) is 42.5 Å². The van der Waals surface area contributed by atoms with Gasteiger partial charge in [0.1, 0.15) is 0 Å². The molecule has 1 fully saturated rings. The number of rotatable bonds is 3. The Morgan fingerprint density at radius 3 is 2.33 bits per heavy atom. The molecular formula is C19H21N3O4S. The normalized spacial score (nSPS) is 17.7. The summed E-state index contributed by atoms with van der Waals surface area (Å²) in [6, 6.07) is 8.37. The largest absolute Gasteiger partial charge is 0.619 e. The second kappa shape index (κ2) is 6.94. The molecule has 0 radical (unpaired) electrons. The molecule has 1 amide bonds. The molecule has 2 aromatic rings. The standard InChI is InChI=1S/C19H21N3O4S/c23-19(16-6-8-21(24)9-7-16)20-10-12-22(13-11-20)27(25,26)18-5-4-15-2-1-3-17(15)14-18/h4-9,14H,1-3,10-13H2. The lowest BCUT2D eigenvalue weighted by Gasteiger charge is -2.34. The van der Waals surface area contributed by atoms with Gasteiger partial charge in [-0.1, -0.05) is 6.07 Å². The van der Waals surface area contributed by atoms with Crippen LogP contribution >= 0.6 is 0 Å². The quantitative estimate of drug-likeness (QED) is 0.580. The highest BCUT2D eigenvalue weighted by molar-refractivity contribution is 7.89. The molecule has 2 aliphatic rings. The van der Waals surface area contributed by atoms with Crippen LogP contribution in [-0.4, -0.2) is 49.7 Å². The molecule has 8 heteroatoms. The van der Waals surface area contributed by atoms with Crippen molar-refractivity contribution in [3.05, 3.63) is 64.6 Å². The molecule has 7 nitrogen and oxygen atoms in total. The molecule has 27 heavy (non-hydrogen) atoms. The van der Waals surface area contributed by atoms with E-state index in [0.717, 1.165) is 24.8 Å². The van der Waals surface area contributed by atoms with E-state index >= 15 is 0 Å². The Labute approximate surface area is 158 Å². The van der Waals surface area contributed by atoms with Crippen molar-refractivity contribution in [2.75, 3.05) is 26.2 Å². The average molecular weight is 387 g/mol. The molecule has 1 aromatic carbocycles. The zero-order chi connectivity index (χ0) is 19.0. The van der Waals surface area contributed by atoms with Crippen LogP contribution in [0, 0.1) is 5.21 Å². The maximum Gasteiger partial charge on any atom is 0.254 e. The first kappa shape index (κ1) is 17.9. The maximum atomic E-state index is 13.0. The number of carbonyl (C=O) groups is 1. The summed E-state index contributed by atoms with van der Waals surface area (Å²) < 4.78 is 28.0. The van der Waals surface area contributed by atoms with E-state index in [2.05, 4.69) is 0 Å². The van der Waals surface area contributed by atoms with E-state index in [-0.39, 0.29) is 19.0 Å². The Hall–Kier alpha value is -2.45. The van der Waals surface area contributed by atoms with Gasteiger partial charge in [-0.3, -0.25) is 4.79 Å². The zero-order valence-electron chi connectivity index (χ0n) is 14.9. The number of nitrogens with zero attached hydrogens (tertiary/aromatic N) is 3. The van der Waals surface area contributed by atoms with Gasteiger partial charge in [0, 0.05) is 38.3 Å². The van der Waals surface area contributed by atoms with Crippen LogP contribution < -0.4 is 4.73 Å². The molecule has 0 unspecified atom stereocenters. The Balaban J connectivity index is 1.45. The second-order valence-electron chi connectivity index (χ2n) is 6.93. The number of hydrogen-bond donors (Lipinski definition) is 0. The number of pyridine rings is 1. The van der Waals surface area contributed by atoms with Crippen molar-refractivity contribution in [2.45, 2.75) is 24.2 Å². The Morgan fingerprint density at radius 1 is 0.963 bits per heavy atom. The summed E-state index contributed by atoms with van der Waals surface area (Å²) in [5, 5.41) is 11.1. The van der Waals surface area contributed by atoms with E-state index in [1.165, 1.54) is 34.4 Å².